The Balaban J connectivity index is 1.60. The molecule has 2 fully saturated rings. The molecule has 2 N–H and O–H groups in total. The van der Waals surface area contributed by atoms with Crippen LogP contribution in [0.2, 0.25) is 0 Å². The van der Waals surface area contributed by atoms with Gasteiger partial charge in [-0.3, -0.25) is 0 Å². The number of piperidine rings is 1. The highest BCUT2D eigenvalue weighted by Crippen LogP contribution is 2.28. The molecule has 0 radical (unpaired) electrons. The standard InChI is InChI=1S/C14H23N5/c1-2-15-14-16-7-5-13(18-14)17-11-6-9-19-8-3-4-12(19)10-11/h5,7,11-12H,2-4,6,8-10H2,1H3,(H2,15,16,17,18). The Hall–Kier alpha value is -1.36. The molecule has 2 unspecified atom stereocenters. The Morgan fingerprint density at radius 2 is 2.32 bits per heavy atom. The fourth-order valence-electron chi connectivity index (χ4n) is 3.25. The second kappa shape index (κ2) is 5.74. The summed E-state index contributed by atoms with van der Waals surface area (Å²) in [6, 6.07) is 3.31. The van der Waals surface area contributed by atoms with Crippen LogP contribution in [0.15, 0.2) is 12.3 Å². The number of nitrogens with zero attached hydrogens (tertiary/aromatic N) is 3. The van der Waals surface area contributed by atoms with E-state index < -0.39 is 0 Å². The molecule has 2 atom stereocenters. The van der Waals surface area contributed by atoms with Crippen LogP contribution >= 0.6 is 0 Å². The topological polar surface area (TPSA) is 53.1 Å². The minimum atomic E-state index is 0.559. The van der Waals surface area contributed by atoms with Crippen molar-refractivity contribution in [3.05, 3.63) is 12.3 Å². The van der Waals surface area contributed by atoms with E-state index in [-0.39, 0.29) is 0 Å². The first-order valence-corrected chi connectivity index (χ1v) is 7.42. The zero-order valence-electron chi connectivity index (χ0n) is 11.6. The summed E-state index contributed by atoms with van der Waals surface area (Å²) in [5.74, 6) is 1.66. The summed E-state index contributed by atoms with van der Waals surface area (Å²) in [5, 5.41) is 6.73. The van der Waals surface area contributed by atoms with Crippen LogP contribution in [0.25, 0.3) is 0 Å². The summed E-state index contributed by atoms with van der Waals surface area (Å²) >= 11 is 0. The van der Waals surface area contributed by atoms with Crippen molar-refractivity contribution in [2.75, 3.05) is 30.3 Å². The van der Waals surface area contributed by atoms with Gasteiger partial charge in [-0.1, -0.05) is 0 Å². The maximum absolute atomic E-state index is 4.50. The van der Waals surface area contributed by atoms with Crippen molar-refractivity contribution in [2.45, 2.75) is 44.7 Å². The van der Waals surface area contributed by atoms with E-state index >= 15 is 0 Å². The molecule has 2 saturated heterocycles. The first-order valence-electron chi connectivity index (χ1n) is 7.42. The minimum Gasteiger partial charge on any atom is -0.367 e. The van der Waals surface area contributed by atoms with Gasteiger partial charge in [0.25, 0.3) is 0 Å². The lowest BCUT2D eigenvalue weighted by Gasteiger charge is -2.35. The molecule has 3 rings (SSSR count). The lowest BCUT2D eigenvalue weighted by atomic mass is 9.98. The van der Waals surface area contributed by atoms with Gasteiger partial charge in [-0.05, 0) is 45.2 Å². The van der Waals surface area contributed by atoms with Crippen molar-refractivity contribution in [3.8, 4) is 0 Å². The molecular weight excluding hydrogens is 238 g/mol. The monoisotopic (exact) mass is 261 g/mol. The van der Waals surface area contributed by atoms with Gasteiger partial charge in [0, 0.05) is 31.4 Å². The van der Waals surface area contributed by atoms with E-state index in [4.69, 9.17) is 0 Å². The Bertz CT molecular complexity index is 422. The Kier molecular flexibility index (Phi) is 3.82. The van der Waals surface area contributed by atoms with E-state index in [1.54, 1.807) is 0 Å². The van der Waals surface area contributed by atoms with Crippen molar-refractivity contribution in [1.82, 2.24) is 14.9 Å². The first kappa shape index (κ1) is 12.7. The number of rotatable bonds is 4. The summed E-state index contributed by atoms with van der Waals surface area (Å²) in [6.07, 6.45) is 7.02. The number of aromatic nitrogens is 2. The fraction of sp³-hybridized carbons (Fsp3) is 0.714. The number of nitrogens with one attached hydrogen (secondary N) is 2. The average molecular weight is 261 g/mol. The third-order valence-electron chi connectivity index (χ3n) is 4.16. The molecule has 5 heteroatoms. The molecule has 19 heavy (non-hydrogen) atoms. The van der Waals surface area contributed by atoms with Crippen LogP contribution in [-0.2, 0) is 0 Å². The Labute approximate surface area is 114 Å². The molecule has 104 valence electrons. The van der Waals surface area contributed by atoms with Gasteiger partial charge >= 0.3 is 0 Å². The molecule has 2 aliphatic heterocycles. The van der Waals surface area contributed by atoms with Crippen LogP contribution in [0.4, 0.5) is 11.8 Å². The number of fused-ring (bicyclic) bond motifs is 1. The van der Waals surface area contributed by atoms with Gasteiger partial charge in [-0.25, -0.2) is 4.98 Å². The third kappa shape index (κ3) is 2.97. The van der Waals surface area contributed by atoms with Crippen molar-refractivity contribution in [2.24, 2.45) is 0 Å². The van der Waals surface area contributed by atoms with E-state index in [1.165, 1.54) is 38.8 Å². The van der Waals surface area contributed by atoms with Gasteiger partial charge in [-0.15, -0.1) is 0 Å². The number of hydrogen-bond acceptors (Lipinski definition) is 5. The molecule has 0 amide bonds. The molecule has 1 aromatic heterocycles. The van der Waals surface area contributed by atoms with Crippen LogP contribution in [0.5, 0.6) is 0 Å². The molecule has 0 bridgehead atoms. The van der Waals surface area contributed by atoms with Gasteiger partial charge in [-0.2, -0.15) is 4.98 Å². The molecule has 0 spiro atoms. The maximum Gasteiger partial charge on any atom is 0.224 e. The quantitative estimate of drug-likeness (QED) is 0.867. The number of hydrogen-bond donors (Lipinski definition) is 2. The highest BCUT2D eigenvalue weighted by Gasteiger charge is 2.31. The van der Waals surface area contributed by atoms with Crippen LogP contribution in [0.1, 0.15) is 32.6 Å². The smallest absolute Gasteiger partial charge is 0.224 e. The van der Waals surface area contributed by atoms with Crippen LogP contribution in [0, 0.1) is 0 Å². The van der Waals surface area contributed by atoms with Crippen molar-refractivity contribution in [3.63, 3.8) is 0 Å². The van der Waals surface area contributed by atoms with Gasteiger partial charge in [0.2, 0.25) is 5.95 Å². The maximum atomic E-state index is 4.50. The minimum absolute atomic E-state index is 0.559. The van der Waals surface area contributed by atoms with Gasteiger partial charge in [0.15, 0.2) is 0 Å². The zero-order chi connectivity index (χ0) is 13.1. The lowest BCUT2D eigenvalue weighted by Crippen LogP contribution is -2.42. The third-order valence-corrected chi connectivity index (χ3v) is 4.16. The number of anilines is 2. The SMILES string of the molecule is CCNc1nccc(NC2CCN3CCCC3C2)n1. The fourth-order valence-corrected chi connectivity index (χ4v) is 3.25. The van der Waals surface area contributed by atoms with Crippen molar-refractivity contribution >= 4 is 11.8 Å². The Morgan fingerprint density at radius 1 is 1.37 bits per heavy atom. The summed E-state index contributed by atoms with van der Waals surface area (Å²) in [7, 11) is 0. The van der Waals surface area contributed by atoms with Gasteiger partial charge in [0.05, 0.1) is 0 Å². The van der Waals surface area contributed by atoms with E-state index in [0.717, 1.165) is 18.4 Å². The molecule has 0 aromatic carbocycles. The second-order valence-corrected chi connectivity index (χ2v) is 5.49. The lowest BCUT2D eigenvalue weighted by molar-refractivity contribution is 0.188. The summed E-state index contributed by atoms with van der Waals surface area (Å²) < 4.78 is 0. The summed E-state index contributed by atoms with van der Waals surface area (Å²) in [5.41, 5.74) is 0. The highest BCUT2D eigenvalue weighted by atomic mass is 15.2. The molecule has 2 aliphatic rings. The molecular formula is C14H23N5. The molecule has 3 heterocycles. The summed E-state index contributed by atoms with van der Waals surface area (Å²) in [4.78, 5) is 11.3. The molecule has 0 saturated carbocycles. The van der Waals surface area contributed by atoms with E-state index in [0.29, 0.717) is 12.0 Å². The van der Waals surface area contributed by atoms with Gasteiger partial charge < -0.3 is 15.5 Å². The van der Waals surface area contributed by atoms with E-state index in [1.807, 2.05) is 12.3 Å². The van der Waals surface area contributed by atoms with Crippen molar-refractivity contribution < 1.29 is 0 Å². The largest absolute Gasteiger partial charge is 0.367 e. The van der Waals surface area contributed by atoms with Gasteiger partial charge in [0.1, 0.15) is 5.82 Å². The second-order valence-electron chi connectivity index (χ2n) is 5.49. The molecule has 0 aliphatic carbocycles. The van der Waals surface area contributed by atoms with E-state index in [9.17, 15) is 0 Å². The highest BCUT2D eigenvalue weighted by molar-refractivity contribution is 5.40. The van der Waals surface area contributed by atoms with Crippen LogP contribution < -0.4 is 10.6 Å². The van der Waals surface area contributed by atoms with E-state index in [2.05, 4.69) is 32.4 Å². The van der Waals surface area contributed by atoms with Crippen molar-refractivity contribution in [1.29, 1.82) is 0 Å². The predicted octanol–water partition coefficient (Wildman–Crippen LogP) is 1.95. The van der Waals surface area contributed by atoms with Crippen LogP contribution in [0.3, 0.4) is 0 Å². The zero-order valence-corrected chi connectivity index (χ0v) is 11.6. The Morgan fingerprint density at radius 3 is 3.21 bits per heavy atom. The average Bonchev–Trinajstić information content (AvgIpc) is 2.87. The molecule has 5 nitrogen and oxygen atoms in total. The predicted molar refractivity (Wildman–Crippen MR) is 77.4 cm³/mol. The summed E-state index contributed by atoms with van der Waals surface area (Å²) in [6.45, 7) is 5.44. The molecule has 1 aromatic rings. The normalized spacial score (nSPS) is 27.0. The van der Waals surface area contributed by atoms with Crippen LogP contribution in [-0.4, -0.2) is 46.6 Å². The first-order chi connectivity index (χ1) is 9.35.